The van der Waals surface area contributed by atoms with Crippen LogP contribution in [0, 0.1) is 5.82 Å². The van der Waals surface area contributed by atoms with Gasteiger partial charge in [0.15, 0.2) is 0 Å². The first-order valence-electron chi connectivity index (χ1n) is 6.42. The van der Waals surface area contributed by atoms with Crippen LogP contribution < -0.4 is 10.5 Å². The summed E-state index contributed by atoms with van der Waals surface area (Å²) in [6, 6.07) is 5.40. The van der Waals surface area contributed by atoms with Gasteiger partial charge in [0.25, 0.3) is 0 Å². The zero-order valence-corrected chi connectivity index (χ0v) is 11.0. The van der Waals surface area contributed by atoms with Gasteiger partial charge in [0.05, 0.1) is 7.11 Å². The molecule has 3 nitrogen and oxygen atoms in total. The van der Waals surface area contributed by atoms with Crippen LogP contribution in [-0.4, -0.2) is 30.6 Å². The third kappa shape index (κ3) is 3.00. The highest BCUT2D eigenvalue weighted by atomic mass is 19.1. The second kappa shape index (κ2) is 5.67. The Hall–Kier alpha value is -1.13. The third-order valence-electron chi connectivity index (χ3n) is 3.67. The minimum absolute atomic E-state index is 0.216. The fourth-order valence-electron chi connectivity index (χ4n) is 2.58. The Morgan fingerprint density at radius 3 is 2.94 bits per heavy atom. The van der Waals surface area contributed by atoms with Crippen molar-refractivity contribution in [3.8, 4) is 5.75 Å². The lowest BCUT2D eigenvalue weighted by molar-refractivity contribution is 0.138. The van der Waals surface area contributed by atoms with Crippen molar-refractivity contribution in [2.75, 3.05) is 13.7 Å². The van der Waals surface area contributed by atoms with Gasteiger partial charge in [-0.1, -0.05) is 0 Å². The summed E-state index contributed by atoms with van der Waals surface area (Å²) in [6.07, 6.45) is 2.00. The van der Waals surface area contributed by atoms with E-state index in [0.717, 1.165) is 37.2 Å². The zero-order chi connectivity index (χ0) is 13.1. The molecule has 4 heteroatoms. The fourth-order valence-corrected chi connectivity index (χ4v) is 2.58. The molecule has 0 spiro atoms. The quantitative estimate of drug-likeness (QED) is 0.895. The summed E-state index contributed by atoms with van der Waals surface area (Å²) >= 11 is 0. The molecule has 0 saturated carbocycles. The summed E-state index contributed by atoms with van der Waals surface area (Å²) in [7, 11) is 1.62. The number of hydrogen-bond donors (Lipinski definition) is 1. The van der Waals surface area contributed by atoms with E-state index < -0.39 is 0 Å². The minimum atomic E-state index is -0.216. The monoisotopic (exact) mass is 252 g/mol. The lowest BCUT2D eigenvalue weighted by atomic mass is 9.98. The van der Waals surface area contributed by atoms with E-state index in [4.69, 9.17) is 10.5 Å². The topological polar surface area (TPSA) is 38.5 Å². The van der Waals surface area contributed by atoms with E-state index in [1.165, 1.54) is 6.07 Å². The predicted octanol–water partition coefficient (Wildman–Crippen LogP) is 2.15. The smallest absolute Gasteiger partial charge is 0.123 e. The molecule has 1 saturated heterocycles. The Labute approximate surface area is 108 Å². The number of hydrogen-bond acceptors (Lipinski definition) is 3. The van der Waals surface area contributed by atoms with Crippen LogP contribution in [0.2, 0.25) is 0 Å². The predicted molar refractivity (Wildman–Crippen MR) is 70.0 cm³/mol. The molecule has 2 atom stereocenters. The summed E-state index contributed by atoms with van der Waals surface area (Å²) in [5, 5.41) is 0. The van der Waals surface area contributed by atoms with Crippen molar-refractivity contribution in [1.82, 2.24) is 4.90 Å². The van der Waals surface area contributed by atoms with E-state index in [1.807, 2.05) is 0 Å². The molecule has 100 valence electrons. The van der Waals surface area contributed by atoms with E-state index >= 15 is 0 Å². The summed E-state index contributed by atoms with van der Waals surface area (Å²) in [5.41, 5.74) is 6.85. The molecule has 0 radical (unpaired) electrons. The number of ether oxygens (including phenoxy) is 1. The summed E-state index contributed by atoms with van der Waals surface area (Å²) in [5.74, 6) is 0.533. The molecule has 0 amide bonds. The Kier molecular flexibility index (Phi) is 4.19. The van der Waals surface area contributed by atoms with Gasteiger partial charge in [-0.05, 0) is 38.0 Å². The standard InChI is InChI=1S/C14H21FN2O/c1-10-7-13(16)5-6-17(10)9-11-8-12(15)3-4-14(11)18-2/h3-4,8,10,13H,5-7,9,16H2,1-2H3. The van der Waals surface area contributed by atoms with Crippen LogP contribution in [0.1, 0.15) is 25.3 Å². The molecule has 1 heterocycles. The molecule has 1 aliphatic heterocycles. The Morgan fingerprint density at radius 2 is 2.28 bits per heavy atom. The molecule has 0 bridgehead atoms. The van der Waals surface area contributed by atoms with Crippen LogP contribution in [0.15, 0.2) is 18.2 Å². The fraction of sp³-hybridized carbons (Fsp3) is 0.571. The van der Waals surface area contributed by atoms with Gasteiger partial charge in [-0.15, -0.1) is 0 Å². The number of likely N-dealkylation sites (tertiary alicyclic amines) is 1. The van der Waals surface area contributed by atoms with Crippen LogP contribution in [0.25, 0.3) is 0 Å². The van der Waals surface area contributed by atoms with Gasteiger partial charge in [-0.3, -0.25) is 4.90 Å². The van der Waals surface area contributed by atoms with E-state index in [2.05, 4.69) is 11.8 Å². The molecule has 2 rings (SSSR count). The van der Waals surface area contributed by atoms with Gasteiger partial charge in [-0.2, -0.15) is 0 Å². The number of halogens is 1. The number of piperidine rings is 1. The normalized spacial score (nSPS) is 25.1. The maximum atomic E-state index is 13.3. The van der Waals surface area contributed by atoms with Gasteiger partial charge in [0.2, 0.25) is 0 Å². The Balaban J connectivity index is 2.11. The van der Waals surface area contributed by atoms with Crippen LogP contribution in [0.3, 0.4) is 0 Å². The Bertz CT molecular complexity index is 411. The van der Waals surface area contributed by atoms with Crippen LogP contribution in [0.5, 0.6) is 5.75 Å². The summed E-state index contributed by atoms with van der Waals surface area (Å²) < 4.78 is 18.6. The molecule has 0 aliphatic carbocycles. The molecule has 2 unspecified atom stereocenters. The zero-order valence-electron chi connectivity index (χ0n) is 11.0. The highest BCUT2D eigenvalue weighted by Crippen LogP contribution is 2.24. The number of nitrogens with zero attached hydrogens (tertiary/aromatic N) is 1. The molecule has 0 aromatic heterocycles. The first-order chi connectivity index (χ1) is 8.60. The largest absolute Gasteiger partial charge is 0.496 e. The van der Waals surface area contributed by atoms with Crippen molar-refractivity contribution in [3.63, 3.8) is 0 Å². The maximum absolute atomic E-state index is 13.3. The van der Waals surface area contributed by atoms with E-state index in [0.29, 0.717) is 12.1 Å². The van der Waals surface area contributed by atoms with Gasteiger partial charge in [0, 0.05) is 30.7 Å². The molecule has 1 aromatic carbocycles. The number of nitrogens with two attached hydrogens (primary N) is 1. The van der Waals surface area contributed by atoms with Crippen LogP contribution in [-0.2, 0) is 6.54 Å². The molecule has 1 fully saturated rings. The van der Waals surface area contributed by atoms with Crippen molar-refractivity contribution in [2.24, 2.45) is 5.73 Å². The lowest BCUT2D eigenvalue weighted by Crippen LogP contribution is -2.45. The van der Waals surface area contributed by atoms with Crippen LogP contribution in [0.4, 0.5) is 4.39 Å². The summed E-state index contributed by atoms with van der Waals surface area (Å²) in [4.78, 5) is 2.33. The number of benzene rings is 1. The average Bonchev–Trinajstić information content (AvgIpc) is 2.33. The number of methoxy groups -OCH3 is 1. The second-order valence-electron chi connectivity index (χ2n) is 5.06. The Morgan fingerprint density at radius 1 is 1.50 bits per heavy atom. The molecule has 1 aromatic rings. The third-order valence-corrected chi connectivity index (χ3v) is 3.67. The minimum Gasteiger partial charge on any atom is -0.496 e. The van der Waals surface area contributed by atoms with E-state index in [9.17, 15) is 4.39 Å². The molecular weight excluding hydrogens is 231 g/mol. The molecule has 2 N–H and O–H groups in total. The van der Waals surface area contributed by atoms with E-state index in [-0.39, 0.29) is 5.82 Å². The van der Waals surface area contributed by atoms with Crippen molar-refractivity contribution >= 4 is 0 Å². The SMILES string of the molecule is COc1ccc(F)cc1CN1CCC(N)CC1C. The molecule has 1 aliphatic rings. The van der Waals surface area contributed by atoms with Crippen molar-refractivity contribution in [1.29, 1.82) is 0 Å². The number of rotatable bonds is 3. The first-order valence-corrected chi connectivity index (χ1v) is 6.42. The lowest BCUT2D eigenvalue weighted by Gasteiger charge is -2.36. The average molecular weight is 252 g/mol. The van der Waals surface area contributed by atoms with Gasteiger partial charge in [-0.25, -0.2) is 4.39 Å². The van der Waals surface area contributed by atoms with Gasteiger partial charge >= 0.3 is 0 Å². The van der Waals surface area contributed by atoms with Gasteiger partial charge < -0.3 is 10.5 Å². The van der Waals surface area contributed by atoms with Crippen molar-refractivity contribution in [2.45, 2.75) is 38.4 Å². The summed E-state index contributed by atoms with van der Waals surface area (Å²) in [6.45, 7) is 3.85. The maximum Gasteiger partial charge on any atom is 0.123 e. The highest BCUT2D eigenvalue weighted by molar-refractivity contribution is 5.33. The van der Waals surface area contributed by atoms with Gasteiger partial charge in [0.1, 0.15) is 11.6 Å². The first kappa shape index (κ1) is 13.3. The van der Waals surface area contributed by atoms with Crippen molar-refractivity contribution < 1.29 is 9.13 Å². The van der Waals surface area contributed by atoms with Crippen molar-refractivity contribution in [3.05, 3.63) is 29.6 Å². The molecule has 18 heavy (non-hydrogen) atoms. The van der Waals surface area contributed by atoms with Crippen LogP contribution >= 0.6 is 0 Å². The molecular formula is C14H21FN2O. The second-order valence-corrected chi connectivity index (χ2v) is 5.06. The highest BCUT2D eigenvalue weighted by Gasteiger charge is 2.23. The van der Waals surface area contributed by atoms with E-state index in [1.54, 1.807) is 19.2 Å².